The number of hydrogen-bond acceptors (Lipinski definition) is 5. The monoisotopic (exact) mass is 520 g/mol. The average Bonchev–Trinajstić information content (AvgIpc) is 3.18. The van der Waals surface area contributed by atoms with Gasteiger partial charge in [0.05, 0.1) is 12.1 Å². The van der Waals surface area contributed by atoms with Crippen molar-refractivity contribution in [3.8, 4) is 5.75 Å². The second-order valence-corrected chi connectivity index (χ2v) is 9.99. The van der Waals surface area contributed by atoms with Crippen LogP contribution < -0.4 is 4.74 Å². The van der Waals surface area contributed by atoms with Crippen molar-refractivity contribution in [2.24, 2.45) is 9.98 Å². The number of amides is 2. The summed E-state index contributed by atoms with van der Waals surface area (Å²) in [5, 5.41) is 0.668. The fraction of sp³-hybridized carbons (Fsp3) is 0.379. The molecule has 194 valence electrons. The maximum absolute atomic E-state index is 13.6. The number of nitrogens with zero attached hydrogens (tertiary/aromatic N) is 4. The largest absolute Gasteiger partial charge is 0.494 e. The first kappa shape index (κ1) is 26.6. The van der Waals surface area contributed by atoms with Gasteiger partial charge in [0, 0.05) is 48.9 Å². The Morgan fingerprint density at radius 1 is 1.19 bits per heavy atom. The van der Waals surface area contributed by atoms with E-state index in [0.717, 1.165) is 18.4 Å². The Labute approximate surface area is 223 Å². The molecule has 2 aliphatic heterocycles. The zero-order chi connectivity index (χ0) is 26.4. The summed E-state index contributed by atoms with van der Waals surface area (Å²) in [6.45, 7) is 10.1. The van der Waals surface area contributed by atoms with E-state index in [4.69, 9.17) is 16.3 Å². The van der Waals surface area contributed by atoms with Gasteiger partial charge in [-0.25, -0.2) is 4.99 Å². The molecule has 7 nitrogen and oxygen atoms in total. The Morgan fingerprint density at radius 2 is 2.00 bits per heavy atom. The molecular formula is C29H33ClN4O3. The summed E-state index contributed by atoms with van der Waals surface area (Å²) in [5.74, 6) is 0.528. The highest BCUT2D eigenvalue weighted by atomic mass is 35.5. The number of amidine groups is 1. The van der Waals surface area contributed by atoms with Gasteiger partial charge in [-0.1, -0.05) is 42.8 Å². The molecule has 4 rings (SSSR count). The third-order valence-electron chi connectivity index (χ3n) is 6.79. The van der Waals surface area contributed by atoms with Gasteiger partial charge < -0.3 is 14.5 Å². The molecule has 1 fully saturated rings. The van der Waals surface area contributed by atoms with Crippen LogP contribution in [-0.4, -0.2) is 72.0 Å². The Kier molecular flexibility index (Phi) is 8.44. The van der Waals surface area contributed by atoms with E-state index >= 15 is 0 Å². The molecule has 8 heteroatoms. The second-order valence-electron chi connectivity index (χ2n) is 9.55. The highest BCUT2D eigenvalue weighted by Gasteiger charge is 2.41. The number of carbonyl (C=O) groups is 2. The molecule has 0 aromatic heterocycles. The lowest BCUT2D eigenvalue weighted by Crippen LogP contribution is -2.63. The molecule has 2 atom stereocenters. The third-order valence-corrected chi connectivity index (χ3v) is 7.03. The molecule has 2 amide bonds. The molecule has 0 radical (unpaired) electrons. The van der Waals surface area contributed by atoms with Gasteiger partial charge in [-0.05, 0) is 55.7 Å². The minimum atomic E-state index is -0.766. The maximum atomic E-state index is 13.6. The molecule has 2 unspecified atom stereocenters. The fourth-order valence-electron chi connectivity index (χ4n) is 4.65. The lowest BCUT2D eigenvalue weighted by atomic mass is 9.95. The first-order chi connectivity index (χ1) is 17.8. The number of ether oxygens (including phenoxy) is 1. The van der Waals surface area contributed by atoms with E-state index in [1.54, 1.807) is 34.2 Å². The van der Waals surface area contributed by atoms with Crippen LogP contribution in [0.3, 0.4) is 0 Å². The SMILES string of the molecule is C=CC1(C)CN(C(=O)c2cccc(OCCC)c2)CCN1C(=O)C1=NCCC(c2cccc(Cl)c2)C=N1. The topological polar surface area (TPSA) is 74.6 Å². The lowest BCUT2D eigenvalue weighted by Gasteiger charge is -2.47. The molecular weight excluding hydrogens is 488 g/mol. The molecule has 0 spiro atoms. The Bertz CT molecular complexity index is 1230. The Hall–Kier alpha value is -3.45. The van der Waals surface area contributed by atoms with Crippen LogP contribution >= 0.6 is 11.6 Å². The van der Waals surface area contributed by atoms with Crippen molar-refractivity contribution < 1.29 is 14.3 Å². The van der Waals surface area contributed by atoms with E-state index < -0.39 is 5.54 Å². The predicted molar refractivity (Wildman–Crippen MR) is 148 cm³/mol. The standard InChI is InChI=1S/C29H33ClN4O3/c1-4-16-37-25-11-7-9-22(18-25)27(35)33-14-15-34(29(3,5-2)20-33)28(36)26-31-13-12-23(19-32-26)21-8-6-10-24(30)17-21/h5-11,17-19,23H,2,4,12-16,20H2,1,3H3. The lowest BCUT2D eigenvalue weighted by molar-refractivity contribution is -0.131. The minimum absolute atomic E-state index is 0.0325. The van der Waals surface area contributed by atoms with E-state index in [2.05, 4.69) is 16.6 Å². The van der Waals surface area contributed by atoms with Gasteiger partial charge in [-0.15, -0.1) is 6.58 Å². The number of benzene rings is 2. The van der Waals surface area contributed by atoms with Crippen LogP contribution in [0.4, 0.5) is 0 Å². The summed E-state index contributed by atoms with van der Waals surface area (Å²) in [4.78, 5) is 39.4. The van der Waals surface area contributed by atoms with Gasteiger partial charge in [0.25, 0.3) is 11.8 Å². The quantitative estimate of drug-likeness (QED) is 0.481. The van der Waals surface area contributed by atoms with Crippen LogP contribution in [0.15, 0.2) is 71.2 Å². The van der Waals surface area contributed by atoms with Gasteiger partial charge in [0.15, 0.2) is 0 Å². The highest BCUT2D eigenvalue weighted by molar-refractivity contribution is 6.39. The van der Waals surface area contributed by atoms with Crippen LogP contribution in [0.2, 0.25) is 5.02 Å². The van der Waals surface area contributed by atoms with Gasteiger partial charge in [0.1, 0.15) is 5.75 Å². The van der Waals surface area contributed by atoms with Crippen LogP contribution in [0.5, 0.6) is 5.75 Å². The van der Waals surface area contributed by atoms with Gasteiger partial charge in [-0.2, -0.15) is 0 Å². The van der Waals surface area contributed by atoms with Crippen molar-refractivity contribution in [2.45, 2.75) is 38.1 Å². The summed E-state index contributed by atoms with van der Waals surface area (Å²) in [5.41, 5.74) is 0.842. The smallest absolute Gasteiger partial charge is 0.292 e. The van der Waals surface area contributed by atoms with Crippen molar-refractivity contribution in [1.29, 1.82) is 0 Å². The summed E-state index contributed by atoms with van der Waals surface area (Å²) in [7, 11) is 0. The van der Waals surface area contributed by atoms with E-state index in [0.29, 0.717) is 49.1 Å². The highest BCUT2D eigenvalue weighted by Crippen LogP contribution is 2.27. The van der Waals surface area contributed by atoms with Crippen LogP contribution in [-0.2, 0) is 4.79 Å². The molecule has 2 aliphatic rings. The van der Waals surface area contributed by atoms with E-state index in [9.17, 15) is 9.59 Å². The average molecular weight is 521 g/mol. The summed E-state index contributed by atoms with van der Waals surface area (Å²) in [6, 6.07) is 14.9. The molecule has 0 saturated carbocycles. The molecule has 2 aromatic rings. The van der Waals surface area contributed by atoms with Crippen molar-refractivity contribution in [3.63, 3.8) is 0 Å². The number of halogens is 1. The van der Waals surface area contributed by atoms with Crippen molar-refractivity contribution >= 4 is 35.5 Å². The zero-order valence-corrected chi connectivity index (χ0v) is 22.2. The Morgan fingerprint density at radius 3 is 2.76 bits per heavy atom. The molecule has 37 heavy (non-hydrogen) atoms. The summed E-state index contributed by atoms with van der Waals surface area (Å²) >= 11 is 6.16. The predicted octanol–water partition coefficient (Wildman–Crippen LogP) is 5.01. The number of rotatable bonds is 7. The first-order valence-electron chi connectivity index (χ1n) is 12.7. The third kappa shape index (κ3) is 6.10. The molecule has 2 aromatic carbocycles. The maximum Gasteiger partial charge on any atom is 0.292 e. The van der Waals surface area contributed by atoms with Crippen LogP contribution in [0.25, 0.3) is 0 Å². The van der Waals surface area contributed by atoms with Crippen molar-refractivity contribution in [2.75, 3.05) is 32.8 Å². The fourth-order valence-corrected chi connectivity index (χ4v) is 4.85. The van der Waals surface area contributed by atoms with Gasteiger partial charge in [0.2, 0.25) is 5.84 Å². The second kappa shape index (κ2) is 11.7. The van der Waals surface area contributed by atoms with Gasteiger partial charge >= 0.3 is 0 Å². The summed E-state index contributed by atoms with van der Waals surface area (Å²) in [6.07, 6.45) is 5.14. The van der Waals surface area contributed by atoms with E-state index in [1.165, 1.54) is 0 Å². The number of carbonyl (C=O) groups excluding carboxylic acids is 2. The molecule has 0 N–H and O–H groups in total. The molecule has 1 saturated heterocycles. The normalized spacial score (nSPS) is 21.7. The van der Waals surface area contributed by atoms with E-state index in [-0.39, 0.29) is 23.6 Å². The summed E-state index contributed by atoms with van der Waals surface area (Å²) < 4.78 is 5.69. The first-order valence-corrected chi connectivity index (χ1v) is 13.0. The van der Waals surface area contributed by atoms with Gasteiger partial charge in [-0.3, -0.25) is 14.6 Å². The number of hydrogen-bond donors (Lipinski definition) is 0. The number of piperazine rings is 1. The van der Waals surface area contributed by atoms with Crippen LogP contribution in [0, 0.1) is 0 Å². The van der Waals surface area contributed by atoms with E-state index in [1.807, 2.05) is 50.2 Å². The molecule has 0 bridgehead atoms. The Balaban J connectivity index is 1.47. The minimum Gasteiger partial charge on any atom is -0.494 e. The van der Waals surface area contributed by atoms with Crippen molar-refractivity contribution in [3.05, 3.63) is 77.3 Å². The molecule has 0 aliphatic carbocycles. The van der Waals surface area contributed by atoms with Crippen molar-refractivity contribution in [1.82, 2.24) is 9.80 Å². The zero-order valence-electron chi connectivity index (χ0n) is 21.4. The van der Waals surface area contributed by atoms with Crippen LogP contribution in [0.1, 0.15) is 48.5 Å². The number of aliphatic imine (C=N–C) groups is 2. The molecule has 2 heterocycles.